The van der Waals surface area contributed by atoms with E-state index in [0.717, 1.165) is 40.1 Å². The van der Waals surface area contributed by atoms with Crippen LogP contribution in [0.4, 0.5) is 10.5 Å². The van der Waals surface area contributed by atoms with Crippen molar-refractivity contribution in [1.82, 2.24) is 9.88 Å². The van der Waals surface area contributed by atoms with Crippen LogP contribution in [0.1, 0.15) is 22.9 Å². The highest BCUT2D eigenvalue weighted by Gasteiger charge is 2.34. The number of ether oxygens (including phenoxy) is 2. The van der Waals surface area contributed by atoms with Crippen molar-refractivity contribution in [3.8, 4) is 11.5 Å². The predicted molar refractivity (Wildman–Crippen MR) is 131 cm³/mol. The van der Waals surface area contributed by atoms with E-state index in [4.69, 9.17) is 21.1 Å². The lowest BCUT2D eigenvalue weighted by atomic mass is 9.92. The number of carbonyl (C=O) groups excluding carboxylic acids is 1. The molecule has 0 fully saturated rings. The van der Waals surface area contributed by atoms with Gasteiger partial charge in [0.15, 0.2) is 0 Å². The summed E-state index contributed by atoms with van der Waals surface area (Å²) >= 11 is 6.11. The average Bonchev–Trinajstić information content (AvgIpc) is 3.21. The van der Waals surface area contributed by atoms with E-state index in [0.29, 0.717) is 17.3 Å². The maximum Gasteiger partial charge on any atom is 0.322 e. The first-order valence-electron chi connectivity index (χ1n) is 10.7. The Morgan fingerprint density at radius 1 is 1.03 bits per heavy atom. The van der Waals surface area contributed by atoms with Gasteiger partial charge in [-0.15, -0.1) is 0 Å². The van der Waals surface area contributed by atoms with Gasteiger partial charge in [-0.1, -0.05) is 29.8 Å². The number of carbonyl (C=O) groups is 1. The van der Waals surface area contributed by atoms with Crippen LogP contribution < -0.4 is 14.8 Å². The number of rotatable bonds is 4. The van der Waals surface area contributed by atoms with Crippen molar-refractivity contribution in [1.29, 1.82) is 0 Å². The fourth-order valence-electron chi connectivity index (χ4n) is 4.51. The van der Waals surface area contributed by atoms with Crippen LogP contribution in [-0.2, 0) is 6.42 Å². The number of anilines is 1. The molecule has 2 amide bonds. The number of aromatic amines is 1. The van der Waals surface area contributed by atoms with Crippen molar-refractivity contribution in [2.45, 2.75) is 12.5 Å². The zero-order valence-electron chi connectivity index (χ0n) is 18.4. The number of urea groups is 1. The first-order valence-corrected chi connectivity index (χ1v) is 11.1. The highest BCUT2D eigenvalue weighted by molar-refractivity contribution is 6.30. The second-order valence-electron chi connectivity index (χ2n) is 7.99. The molecule has 1 aliphatic heterocycles. The Morgan fingerprint density at radius 2 is 1.79 bits per heavy atom. The van der Waals surface area contributed by atoms with E-state index >= 15 is 0 Å². The summed E-state index contributed by atoms with van der Waals surface area (Å²) in [6.07, 6.45) is 0.734. The molecule has 0 aliphatic carbocycles. The van der Waals surface area contributed by atoms with Crippen LogP contribution >= 0.6 is 11.6 Å². The fraction of sp³-hybridized carbons (Fsp3) is 0.192. The van der Waals surface area contributed by atoms with Gasteiger partial charge in [0.2, 0.25) is 0 Å². The molecule has 0 radical (unpaired) electrons. The summed E-state index contributed by atoms with van der Waals surface area (Å²) in [5.41, 5.74) is 4.90. The molecule has 1 atom stereocenters. The van der Waals surface area contributed by atoms with Crippen LogP contribution in [0.15, 0.2) is 66.7 Å². The minimum atomic E-state index is -0.280. The van der Waals surface area contributed by atoms with Gasteiger partial charge in [0, 0.05) is 33.9 Å². The Balaban J connectivity index is 1.58. The lowest BCUT2D eigenvalue weighted by Gasteiger charge is -2.36. The number of amides is 2. The number of fused-ring (bicyclic) bond motifs is 3. The van der Waals surface area contributed by atoms with E-state index in [1.807, 2.05) is 53.4 Å². The molecule has 4 aromatic rings. The molecule has 1 aliphatic rings. The van der Waals surface area contributed by atoms with Gasteiger partial charge >= 0.3 is 6.03 Å². The molecule has 0 bridgehead atoms. The molecule has 1 unspecified atom stereocenters. The number of aromatic nitrogens is 1. The fourth-order valence-corrected chi connectivity index (χ4v) is 4.70. The standard InChI is InChI=1S/C26H24ClN3O3/c1-32-19-8-6-16(7-9-19)25-24-21(22-15-20(33-2)10-11-23(22)29-24)12-13-30(25)26(31)28-18-5-3-4-17(27)14-18/h3-11,14-15,25,29H,12-13H2,1-2H3,(H,28,31). The molecule has 0 spiro atoms. The third kappa shape index (κ3) is 3.98. The Morgan fingerprint density at radius 3 is 2.52 bits per heavy atom. The minimum absolute atomic E-state index is 0.181. The monoisotopic (exact) mass is 461 g/mol. The molecule has 0 saturated carbocycles. The summed E-state index contributed by atoms with van der Waals surface area (Å²) < 4.78 is 10.8. The van der Waals surface area contributed by atoms with Gasteiger partial charge in [-0.25, -0.2) is 4.79 Å². The van der Waals surface area contributed by atoms with E-state index in [-0.39, 0.29) is 12.1 Å². The number of nitrogens with zero attached hydrogens (tertiary/aromatic N) is 1. The van der Waals surface area contributed by atoms with E-state index in [2.05, 4.69) is 16.4 Å². The third-order valence-corrected chi connectivity index (χ3v) is 6.34. The Kier molecular flexibility index (Phi) is 5.60. The predicted octanol–water partition coefficient (Wildman–Crippen LogP) is 6.02. The van der Waals surface area contributed by atoms with E-state index < -0.39 is 0 Å². The molecule has 168 valence electrons. The largest absolute Gasteiger partial charge is 0.497 e. The first kappa shape index (κ1) is 21.2. The number of hydrogen-bond acceptors (Lipinski definition) is 3. The highest BCUT2D eigenvalue weighted by atomic mass is 35.5. The highest BCUT2D eigenvalue weighted by Crippen LogP contribution is 2.40. The normalized spacial score (nSPS) is 15.2. The van der Waals surface area contributed by atoms with E-state index in [9.17, 15) is 4.79 Å². The van der Waals surface area contributed by atoms with Gasteiger partial charge in [-0.05, 0) is 66.1 Å². The second kappa shape index (κ2) is 8.71. The molecule has 0 saturated heterocycles. The van der Waals surface area contributed by atoms with Crippen molar-refractivity contribution in [2.24, 2.45) is 0 Å². The minimum Gasteiger partial charge on any atom is -0.497 e. The molecule has 5 rings (SSSR count). The zero-order chi connectivity index (χ0) is 22.9. The van der Waals surface area contributed by atoms with Gasteiger partial charge < -0.3 is 24.7 Å². The third-order valence-electron chi connectivity index (χ3n) is 6.10. The lowest BCUT2D eigenvalue weighted by Crippen LogP contribution is -2.43. The number of H-pyrrole nitrogens is 1. The van der Waals surface area contributed by atoms with Gasteiger partial charge in [0.25, 0.3) is 0 Å². The number of benzene rings is 3. The van der Waals surface area contributed by atoms with Crippen LogP contribution in [-0.4, -0.2) is 36.7 Å². The Labute approximate surface area is 197 Å². The smallest absolute Gasteiger partial charge is 0.322 e. The molecule has 7 heteroatoms. The van der Waals surface area contributed by atoms with Crippen LogP contribution in [0.5, 0.6) is 11.5 Å². The first-order chi connectivity index (χ1) is 16.1. The average molecular weight is 462 g/mol. The Hall–Kier alpha value is -3.64. The van der Waals surface area contributed by atoms with Crippen molar-refractivity contribution >= 4 is 34.2 Å². The number of methoxy groups -OCH3 is 2. The number of nitrogens with one attached hydrogen (secondary N) is 2. The number of hydrogen-bond donors (Lipinski definition) is 2. The van der Waals surface area contributed by atoms with Crippen molar-refractivity contribution in [3.05, 3.63) is 88.6 Å². The summed E-state index contributed by atoms with van der Waals surface area (Å²) in [6, 6.07) is 20.6. The van der Waals surface area contributed by atoms with E-state index in [1.54, 1.807) is 26.4 Å². The maximum absolute atomic E-state index is 13.4. The second-order valence-corrected chi connectivity index (χ2v) is 8.42. The van der Waals surface area contributed by atoms with Crippen LogP contribution in [0.25, 0.3) is 10.9 Å². The van der Waals surface area contributed by atoms with Crippen molar-refractivity contribution in [3.63, 3.8) is 0 Å². The Bertz CT molecular complexity index is 1320. The van der Waals surface area contributed by atoms with Gasteiger partial charge in [0.05, 0.1) is 20.3 Å². The lowest BCUT2D eigenvalue weighted by molar-refractivity contribution is 0.193. The van der Waals surface area contributed by atoms with Crippen LogP contribution in [0.3, 0.4) is 0 Å². The molecular weight excluding hydrogens is 438 g/mol. The molecule has 2 N–H and O–H groups in total. The molecule has 1 aromatic heterocycles. The van der Waals surface area contributed by atoms with Crippen molar-refractivity contribution < 1.29 is 14.3 Å². The SMILES string of the molecule is COc1ccc(C2c3[nH]c4ccc(OC)cc4c3CCN2C(=O)Nc2cccc(Cl)c2)cc1. The molecule has 3 aromatic carbocycles. The molecular formula is C26H24ClN3O3. The summed E-state index contributed by atoms with van der Waals surface area (Å²) in [4.78, 5) is 18.9. The molecule has 2 heterocycles. The molecule has 33 heavy (non-hydrogen) atoms. The van der Waals surface area contributed by atoms with Crippen molar-refractivity contribution in [2.75, 3.05) is 26.1 Å². The van der Waals surface area contributed by atoms with Crippen LogP contribution in [0, 0.1) is 0 Å². The summed E-state index contributed by atoms with van der Waals surface area (Å²) in [5.74, 6) is 1.58. The zero-order valence-corrected chi connectivity index (χ0v) is 19.1. The van der Waals surface area contributed by atoms with E-state index in [1.165, 1.54) is 5.56 Å². The van der Waals surface area contributed by atoms with Gasteiger partial charge in [0.1, 0.15) is 11.5 Å². The van der Waals surface area contributed by atoms with Gasteiger partial charge in [-0.2, -0.15) is 0 Å². The maximum atomic E-state index is 13.4. The van der Waals surface area contributed by atoms with Gasteiger partial charge in [-0.3, -0.25) is 0 Å². The summed E-state index contributed by atoms with van der Waals surface area (Å²) in [7, 11) is 3.31. The summed E-state index contributed by atoms with van der Waals surface area (Å²) in [6.45, 7) is 0.570. The number of halogens is 1. The summed E-state index contributed by atoms with van der Waals surface area (Å²) in [5, 5.41) is 4.70. The van der Waals surface area contributed by atoms with Crippen LogP contribution in [0.2, 0.25) is 5.02 Å². The molecule has 6 nitrogen and oxygen atoms in total. The topological polar surface area (TPSA) is 66.6 Å². The quantitative estimate of drug-likeness (QED) is 0.390.